The number of nitrogens with zero attached hydrogens (tertiary/aromatic N) is 3. The Morgan fingerprint density at radius 2 is 2.12 bits per heavy atom. The fraction of sp³-hybridized carbons (Fsp3) is 0.389. The number of hydrogen-bond acceptors (Lipinski definition) is 5. The molecule has 0 saturated carbocycles. The predicted octanol–water partition coefficient (Wildman–Crippen LogP) is 3.78. The van der Waals surface area contributed by atoms with E-state index in [0.717, 1.165) is 34.4 Å². The lowest BCUT2D eigenvalue weighted by Gasteiger charge is -2.08. The summed E-state index contributed by atoms with van der Waals surface area (Å²) in [6.45, 7) is 7.30. The van der Waals surface area contributed by atoms with E-state index in [9.17, 15) is 4.79 Å². The van der Waals surface area contributed by atoms with E-state index in [1.165, 1.54) is 16.9 Å². The summed E-state index contributed by atoms with van der Waals surface area (Å²) < 4.78 is 7.09. The monoisotopic (exact) mass is 358 g/mol. The molecule has 0 saturated heterocycles. The first-order valence-electron chi connectivity index (χ1n) is 8.33. The van der Waals surface area contributed by atoms with Gasteiger partial charge in [0.15, 0.2) is 0 Å². The highest BCUT2D eigenvalue weighted by atomic mass is 32.1. The molecule has 6 nitrogen and oxygen atoms in total. The van der Waals surface area contributed by atoms with Gasteiger partial charge in [-0.1, -0.05) is 24.3 Å². The van der Waals surface area contributed by atoms with Crippen LogP contribution in [0.15, 0.2) is 18.2 Å². The van der Waals surface area contributed by atoms with Crippen LogP contribution in [0.2, 0.25) is 0 Å². The Morgan fingerprint density at radius 3 is 2.80 bits per heavy atom. The largest absolute Gasteiger partial charge is 0.377 e. The van der Waals surface area contributed by atoms with Crippen LogP contribution in [0.25, 0.3) is 10.9 Å². The lowest BCUT2D eigenvalue weighted by Crippen LogP contribution is -2.17. The molecule has 0 unspecified atom stereocenters. The van der Waals surface area contributed by atoms with Crippen molar-refractivity contribution in [1.82, 2.24) is 14.8 Å². The van der Waals surface area contributed by atoms with Gasteiger partial charge in [0.05, 0.1) is 0 Å². The van der Waals surface area contributed by atoms with Crippen LogP contribution in [0.1, 0.15) is 40.5 Å². The number of carbonyl (C=O) groups is 1. The van der Waals surface area contributed by atoms with E-state index < -0.39 is 0 Å². The summed E-state index contributed by atoms with van der Waals surface area (Å²) in [7, 11) is 1.60. The van der Waals surface area contributed by atoms with Gasteiger partial charge in [0.2, 0.25) is 5.13 Å². The number of rotatable bonds is 6. The number of carbonyl (C=O) groups excluding carboxylic acids is 1. The normalized spacial score (nSPS) is 11.2. The number of nitrogens with one attached hydrogen (secondary N) is 1. The van der Waals surface area contributed by atoms with Crippen LogP contribution in [-0.4, -0.2) is 27.8 Å². The summed E-state index contributed by atoms with van der Waals surface area (Å²) in [6, 6.07) is 6.40. The number of methoxy groups -OCH3 is 1. The second-order valence-corrected chi connectivity index (χ2v) is 6.87. The molecule has 0 atom stereocenters. The molecule has 3 aromatic rings. The smallest absolute Gasteiger partial charge is 0.274 e. The topological polar surface area (TPSA) is 69.0 Å². The highest BCUT2D eigenvalue weighted by molar-refractivity contribution is 7.15. The molecule has 2 heterocycles. The first kappa shape index (κ1) is 17.6. The second kappa shape index (κ2) is 7.33. The molecule has 2 aromatic heterocycles. The number of hydrogen-bond donors (Lipinski definition) is 1. The van der Waals surface area contributed by atoms with E-state index in [1.54, 1.807) is 7.11 Å². The van der Waals surface area contributed by atoms with E-state index >= 15 is 0 Å². The number of fused-ring (bicyclic) bond motifs is 1. The standard InChI is InChI=1S/C18H22N4O2S/c1-5-12-7-8-14-13(9-12)11(3)16(22(14)6-2)17(23)19-18-21-20-15(25-18)10-24-4/h7-9H,5-6,10H2,1-4H3,(H,19,21,23). The van der Waals surface area contributed by atoms with Crippen molar-refractivity contribution in [2.75, 3.05) is 12.4 Å². The van der Waals surface area contributed by atoms with Crippen molar-refractivity contribution in [2.24, 2.45) is 0 Å². The molecule has 25 heavy (non-hydrogen) atoms. The zero-order valence-electron chi connectivity index (χ0n) is 14.9. The molecule has 0 aliphatic carbocycles. The van der Waals surface area contributed by atoms with Gasteiger partial charge in [0, 0.05) is 24.6 Å². The Labute approximate surface area is 150 Å². The quantitative estimate of drug-likeness (QED) is 0.728. The molecule has 0 bridgehead atoms. The fourth-order valence-electron chi connectivity index (χ4n) is 3.05. The van der Waals surface area contributed by atoms with Crippen LogP contribution in [0.3, 0.4) is 0 Å². The molecule has 1 aromatic carbocycles. The number of aryl methyl sites for hydroxylation is 3. The lowest BCUT2D eigenvalue weighted by molar-refractivity contribution is 0.101. The van der Waals surface area contributed by atoms with Crippen molar-refractivity contribution in [3.8, 4) is 0 Å². The van der Waals surface area contributed by atoms with E-state index in [0.29, 0.717) is 17.4 Å². The van der Waals surface area contributed by atoms with E-state index in [4.69, 9.17) is 4.74 Å². The van der Waals surface area contributed by atoms with Crippen LogP contribution in [0.4, 0.5) is 5.13 Å². The summed E-state index contributed by atoms with van der Waals surface area (Å²) in [6.07, 6.45) is 0.973. The minimum absolute atomic E-state index is 0.159. The maximum absolute atomic E-state index is 12.9. The van der Waals surface area contributed by atoms with Gasteiger partial charge in [-0.2, -0.15) is 0 Å². The minimum Gasteiger partial charge on any atom is -0.377 e. The third kappa shape index (κ3) is 3.29. The van der Waals surface area contributed by atoms with Crippen LogP contribution >= 0.6 is 11.3 Å². The van der Waals surface area contributed by atoms with Crippen molar-refractivity contribution in [3.63, 3.8) is 0 Å². The van der Waals surface area contributed by atoms with Gasteiger partial charge in [-0.3, -0.25) is 10.1 Å². The van der Waals surface area contributed by atoms with Crippen molar-refractivity contribution >= 4 is 33.3 Å². The Bertz CT molecular complexity index is 913. The lowest BCUT2D eigenvalue weighted by atomic mass is 10.1. The SMILES string of the molecule is CCc1ccc2c(c1)c(C)c(C(=O)Nc1nnc(COC)s1)n2CC. The summed E-state index contributed by atoms with van der Waals surface area (Å²) in [5.41, 5.74) is 4.02. The summed E-state index contributed by atoms with van der Waals surface area (Å²) in [4.78, 5) is 12.9. The number of ether oxygens (including phenoxy) is 1. The van der Waals surface area contributed by atoms with Gasteiger partial charge in [0.25, 0.3) is 5.91 Å². The molecule has 7 heteroatoms. The zero-order chi connectivity index (χ0) is 18.0. The molecule has 1 amide bonds. The van der Waals surface area contributed by atoms with Crippen molar-refractivity contribution in [3.05, 3.63) is 40.0 Å². The van der Waals surface area contributed by atoms with Crippen LogP contribution in [0, 0.1) is 6.92 Å². The molecule has 0 radical (unpaired) electrons. The molecular formula is C18H22N4O2S. The number of amides is 1. The van der Waals surface area contributed by atoms with Crippen molar-refractivity contribution in [2.45, 2.75) is 40.3 Å². The molecule has 0 aliphatic rings. The second-order valence-electron chi connectivity index (χ2n) is 5.81. The van der Waals surface area contributed by atoms with Gasteiger partial charge in [-0.05, 0) is 43.5 Å². The fourth-order valence-corrected chi connectivity index (χ4v) is 3.76. The molecule has 0 aliphatic heterocycles. The van der Waals surface area contributed by atoms with Gasteiger partial charge in [-0.25, -0.2) is 0 Å². The third-order valence-electron chi connectivity index (χ3n) is 4.28. The van der Waals surface area contributed by atoms with Gasteiger partial charge in [0.1, 0.15) is 17.3 Å². The molecular weight excluding hydrogens is 336 g/mol. The van der Waals surface area contributed by atoms with Crippen LogP contribution in [0.5, 0.6) is 0 Å². The number of aromatic nitrogens is 3. The molecule has 132 valence electrons. The van der Waals surface area contributed by atoms with E-state index in [-0.39, 0.29) is 5.91 Å². The Hall–Kier alpha value is -2.25. The Morgan fingerprint density at radius 1 is 1.32 bits per heavy atom. The number of anilines is 1. The van der Waals surface area contributed by atoms with E-state index in [1.807, 2.05) is 13.8 Å². The van der Waals surface area contributed by atoms with Crippen molar-refractivity contribution < 1.29 is 9.53 Å². The summed E-state index contributed by atoms with van der Waals surface area (Å²) in [5, 5.41) is 13.2. The highest BCUT2D eigenvalue weighted by Crippen LogP contribution is 2.28. The molecule has 0 spiro atoms. The third-order valence-corrected chi connectivity index (χ3v) is 5.09. The van der Waals surface area contributed by atoms with E-state index in [2.05, 4.69) is 45.2 Å². The van der Waals surface area contributed by atoms with Gasteiger partial charge in [-0.15, -0.1) is 10.2 Å². The van der Waals surface area contributed by atoms with Gasteiger partial charge < -0.3 is 9.30 Å². The zero-order valence-corrected chi connectivity index (χ0v) is 15.7. The molecule has 3 rings (SSSR count). The first-order chi connectivity index (χ1) is 12.1. The average Bonchev–Trinajstić information content (AvgIpc) is 3.16. The minimum atomic E-state index is -0.159. The summed E-state index contributed by atoms with van der Waals surface area (Å²) >= 11 is 1.32. The predicted molar refractivity (Wildman–Crippen MR) is 100 cm³/mol. The van der Waals surface area contributed by atoms with Crippen LogP contribution in [-0.2, 0) is 24.3 Å². The number of benzene rings is 1. The van der Waals surface area contributed by atoms with Crippen LogP contribution < -0.4 is 5.32 Å². The first-order valence-corrected chi connectivity index (χ1v) is 9.15. The molecule has 0 fully saturated rings. The average molecular weight is 358 g/mol. The highest BCUT2D eigenvalue weighted by Gasteiger charge is 2.21. The molecule has 1 N–H and O–H groups in total. The van der Waals surface area contributed by atoms with Gasteiger partial charge >= 0.3 is 0 Å². The Balaban J connectivity index is 1.98. The maximum Gasteiger partial charge on any atom is 0.274 e. The maximum atomic E-state index is 12.9. The van der Waals surface area contributed by atoms with Crippen molar-refractivity contribution in [1.29, 1.82) is 0 Å². The Kier molecular flexibility index (Phi) is 5.15. The summed E-state index contributed by atoms with van der Waals surface area (Å²) in [5.74, 6) is -0.159.